The molecule has 3 rings (SSSR count). The molecule has 2 unspecified atom stereocenters. The van der Waals surface area contributed by atoms with Crippen molar-refractivity contribution in [1.82, 2.24) is 9.97 Å². The predicted molar refractivity (Wildman–Crippen MR) is 102 cm³/mol. The van der Waals surface area contributed by atoms with Crippen LogP contribution >= 0.6 is 11.3 Å². The SMILES string of the molecule is CCNc1ccc(C(=O)C2C(=O)c3sc(NC(=O)OC)nc3CC2C)cn1. The maximum atomic E-state index is 13.0. The first kappa shape index (κ1) is 19.0. The molecular formula is C18H20N4O4S. The molecule has 0 aromatic carbocycles. The molecule has 1 amide bonds. The van der Waals surface area contributed by atoms with Gasteiger partial charge in [-0.2, -0.15) is 0 Å². The maximum Gasteiger partial charge on any atom is 0.413 e. The number of Topliss-reactive ketones (excluding diaryl/α,β-unsaturated/α-hetero) is 2. The molecule has 1 aliphatic carbocycles. The Kier molecular flexibility index (Phi) is 5.50. The van der Waals surface area contributed by atoms with Crippen LogP contribution in [0.3, 0.4) is 0 Å². The van der Waals surface area contributed by atoms with Crippen molar-refractivity contribution in [2.45, 2.75) is 20.3 Å². The number of ether oxygens (including phenoxy) is 1. The van der Waals surface area contributed by atoms with Crippen molar-refractivity contribution in [2.24, 2.45) is 11.8 Å². The molecule has 2 aromatic heterocycles. The molecule has 8 nitrogen and oxygen atoms in total. The normalized spacial score (nSPS) is 18.6. The number of anilines is 2. The van der Waals surface area contributed by atoms with Crippen LogP contribution in [0.5, 0.6) is 0 Å². The zero-order chi connectivity index (χ0) is 19.6. The molecule has 0 aliphatic heterocycles. The summed E-state index contributed by atoms with van der Waals surface area (Å²) in [5.41, 5.74) is 1.01. The number of pyridine rings is 1. The van der Waals surface area contributed by atoms with Gasteiger partial charge in [-0.15, -0.1) is 0 Å². The van der Waals surface area contributed by atoms with Crippen molar-refractivity contribution in [2.75, 3.05) is 24.3 Å². The summed E-state index contributed by atoms with van der Waals surface area (Å²) in [5.74, 6) is -0.806. The first-order chi connectivity index (χ1) is 12.9. The molecular weight excluding hydrogens is 368 g/mol. The third-order valence-corrected chi connectivity index (χ3v) is 5.40. The molecule has 2 aromatic rings. The van der Waals surface area contributed by atoms with Crippen LogP contribution in [-0.2, 0) is 11.2 Å². The second-order valence-electron chi connectivity index (χ2n) is 6.26. The second kappa shape index (κ2) is 7.83. The fourth-order valence-electron chi connectivity index (χ4n) is 3.08. The van der Waals surface area contributed by atoms with E-state index < -0.39 is 12.0 Å². The van der Waals surface area contributed by atoms with Crippen molar-refractivity contribution in [3.63, 3.8) is 0 Å². The van der Waals surface area contributed by atoms with E-state index in [-0.39, 0.29) is 22.6 Å². The predicted octanol–water partition coefficient (Wildman–Crippen LogP) is 3.02. The minimum Gasteiger partial charge on any atom is -0.453 e. The standard InChI is InChI=1S/C18H20N4O4S/c1-4-19-12-6-5-10(8-20-12)14(23)13-9(2)7-11-16(15(13)24)27-17(21-11)22-18(25)26-3/h5-6,8-9,13H,4,7H2,1-3H3,(H,19,20)(H,21,22,25). The Morgan fingerprint density at radius 2 is 2.15 bits per heavy atom. The molecule has 0 bridgehead atoms. The number of hydrogen-bond donors (Lipinski definition) is 2. The van der Waals surface area contributed by atoms with Gasteiger partial charge >= 0.3 is 6.09 Å². The number of carbonyl (C=O) groups is 3. The second-order valence-corrected chi connectivity index (χ2v) is 7.26. The lowest BCUT2D eigenvalue weighted by Crippen LogP contribution is -2.35. The van der Waals surface area contributed by atoms with Gasteiger partial charge in [-0.25, -0.2) is 14.8 Å². The lowest BCUT2D eigenvalue weighted by Gasteiger charge is -2.25. The number of nitrogens with zero attached hydrogens (tertiary/aromatic N) is 2. The van der Waals surface area contributed by atoms with Gasteiger partial charge < -0.3 is 10.1 Å². The van der Waals surface area contributed by atoms with E-state index in [0.29, 0.717) is 28.4 Å². The summed E-state index contributed by atoms with van der Waals surface area (Å²) in [5, 5.41) is 5.83. The number of ketones is 2. The Morgan fingerprint density at radius 3 is 2.78 bits per heavy atom. The molecule has 2 N–H and O–H groups in total. The van der Waals surface area contributed by atoms with Gasteiger partial charge in [0, 0.05) is 18.3 Å². The van der Waals surface area contributed by atoms with Gasteiger partial charge in [-0.3, -0.25) is 14.9 Å². The molecule has 0 saturated carbocycles. The average Bonchev–Trinajstić information content (AvgIpc) is 3.04. The number of nitrogens with one attached hydrogen (secondary N) is 2. The molecule has 0 fully saturated rings. The van der Waals surface area contributed by atoms with Gasteiger partial charge in [0.15, 0.2) is 16.7 Å². The largest absolute Gasteiger partial charge is 0.453 e. The molecule has 142 valence electrons. The molecule has 0 radical (unpaired) electrons. The minimum atomic E-state index is -0.782. The molecule has 9 heteroatoms. The minimum absolute atomic E-state index is 0.195. The topological polar surface area (TPSA) is 110 Å². The Bertz CT molecular complexity index is 878. The van der Waals surface area contributed by atoms with E-state index in [1.165, 1.54) is 13.3 Å². The average molecular weight is 388 g/mol. The summed E-state index contributed by atoms with van der Waals surface area (Å²) in [6.45, 7) is 4.55. The summed E-state index contributed by atoms with van der Waals surface area (Å²) >= 11 is 1.06. The highest BCUT2D eigenvalue weighted by Gasteiger charge is 2.40. The van der Waals surface area contributed by atoms with Crippen LogP contribution in [0.1, 0.15) is 39.6 Å². The van der Waals surface area contributed by atoms with Crippen molar-refractivity contribution in [1.29, 1.82) is 0 Å². The van der Waals surface area contributed by atoms with Crippen molar-refractivity contribution < 1.29 is 19.1 Å². The summed E-state index contributed by atoms with van der Waals surface area (Å²) in [6.07, 6.45) is 1.33. The van der Waals surface area contributed by atoms with Crippen molar-refractivity contribution >= 4 is 39.9 Å². The molecule has 0 spiro atoms. The van der Waals surface area contributed by atoms with Crippen LogP contribution in [0.4, 0.5) is 15.7 Å². The van der Waals surface area contributed by atoms with E-state index in [1.54, 1.807) is 12.1 Å². The Morgan fingerprint density at radius 1 is 1.37 bits per heavy atom. The van der Waals surface area contributed by atoms with E-state index in [1.807, 2.05) is 13.8 Å². The number of aromatic nitrogens is 2. The third kappa shape index (κ3) is 3.82. The van der Waals surface area contributed by atoms with Crippen LogP contribution < -0.4 is 10.6 Å². The lowest BCUT2D eigenvalue weighted by atomic mass is 9.77. The van der Waals surface area contributed by atoms with E-state index in [4.69, 9.17) is 0 Å². The number of carbonyl (C=O) groups excluding carboxylic acids is 3. The first-order valence-corrected chi connectivity index (χ1v) is 9.39. The number of hydrogen-bond acceptors (Lipinski definition) is 8. The third-order valence-electron chi connectivity index (χ3n) is 4.37. The summed E-state index contributed by atoms with van der Waals surface area (Å²) in [4.78, 5) is 46.2. The van der Waals surface area contributed by atoms with Gasteiger partial charge in [0.25, 0.3) is 0 Å². The summed E-state index contributed by atoms with van der Waals surface area (Å²) < 4.78 is 4.54. The Hall–Kier alpha value is -2.81. The number of methoxy groups -OCH3 is 1. The number of fused-ring (bicyclic) bond motifs is 1. The lowest BCUT2D eigenvalue weighted by molar-refractivity contribution is 0.0747. The van der Waals surface area contributed by atoms with Gasteiger partial charge in [0.1, 0.15) is 5.82 Å². The van der Waals surface area contributed by atoms with E-state index in [0.717, 1.165) is 17.9 Å². The molecule has 27 heavy (non-hydrogen) atoms. The van der Waals surface area contributed by atoms with Crippen molar-refractivity contribution in [3.8, 4) is 0 Å². The van der Waals surface area contributed by atoms with Crippen LogP contribution in [-0.4, -0.2) is 41.3 Å². The van der Waals surface area contributed by atoms with E-state index in [9.17, 15) is 14.4 Å². The highest BCUT2D eigenvalue weighted by Crippen LogP contribution is 2.36. The zero-order valence-electron chi connectivity index (χ0n) is 15.2. The summed E-state index contributed by atoms with van der Waals surface area (Å²) in [7, 11) is 1.25. The molecule has 1 aliphatic rings. The van der Waals surface area contributed by atoms with Crippen LogP contribution in [0.25, 0.3) is 0 Å². The number of amides is 1. The van der Waals surface area contributed by atoms with E-state index >= 15 is 0 Å². The highest BCUT2D eigenvalue weighted by atomic mass is 32.1. The monoisotopic (exact) mass is 388 g/mol. The van der Waals surface area contributed by atoms with Crippen LogP contribution in [0.2, 0.25) is 0 Å². The van der Waals surface area contributed by atoms with Gasteiger partial charge in [0.2, 0.25) is 0 Å². The fraction of sp³-hybridized carbons (Fsp3) is 0.389. The zero-order valence-corrected chi connectivity index (χ0v) is 16.1. The first-order valence-electron chi connectivity index (χ1n) is 8.57. The van der Waals surface area contributed by atoms with Gasteiger partial charge in [-0.05, 0) is 31.4 Å². The van der Waals surface area contributed by atoms with Crippen molar-refractivity contribution in [3.05, 3.63) is 34.5 Å². The number of rotatable bonds is 5. The smallest absolute Gasteiger partial charge is 0.413 e. The van der Waals surface area contributed by atoms with E-state index in [2.05, 4.69) is 25.3 Å². The Balaban J connectivity index is 1.84. The van der Waals surface area contributed by atoms with Gasteiger partial charge in [-0.1, -0.05) is 18.3 Å². The summed E-state index contributed by atoms with van der Waals surface area (Å²) in [6, 6.07) is 3.41. The molecule has 2 atom stereocenters. The molecule has 0 saturated heterocycles. The van der Waals surface area contributed by atoms with Gasteiger partial charge in [0.05, 0.1) is 23.6 Å². The molecule has 2 heterocycles. The van der Waals surface area contributed by atoms with Crippen LogP contribution in [0, 0.1) is 11.8 Å². The Labute approximate surface area is 160 Å². The maximum absolute atomic E-state index is 13.0. The quantitative estimate of drug-likeness (QED) is 0.598. The van der Waals surface area contributed by atoms with Crippen LogP contribution in [0.15, 0.2) is 18.3 Å². The fourth-order valence-corrected chi connectivity index (χ4v) is 4.04. The highest BCUT2D eigenvalue weighted by molar-refractivity contribution is 7.17. The number of thiazole rings is 1.